The van der Waals surface area contributed by atoms with Crippen LogP contribution in [0, 0.1) is 6.92 Å². The lowest BCUT2D eigenvalue weighted by molar-refractivity contribution is 0.0468. The summed E-state index contributed by atoms with van der Waals surface area (Å²) in [6.07, 6.45) is 5.26. The Kier molecular flexibility index (Phi) is 3.70. The second kappa shape index (κ2) is 6.16. The molecule has 1 aromatic carbocycles. The Hall–Kier alpha value is -3.55. The highest BCUT2D eigenvalue weighted by atomic mass is 16.5. The minimum Gasteiger partial charge on any atom is -0.456 e. The van der Waals surface area contributed by atoms with Gasteiger partial charge in [-0.05, 0) is 53.2 Å². The summed E-state index contributed by atoms with van der Waals surface area (Å²) in [5.41, 5.74) is 3.85. The topological polar surface area (TPSA) is 87.2 Å². The number of imidazole rings is 1. The molecule has 0 N–H and O–H groups in total. The molecule has 4 aromatic rings. The third-order valence-electron chi connectivity index (χ3n) is 3.80. The van der Waals surface area contributed by atoms with Gasteiger partial charge in [0.25, 0.3) is 0 Å². The Bertz CT molecular complexity index is 1020. The van der Waals surface area contributed by atoms with E-state index in [1.54, 1.807) is 24.3 Å². The highest BCUT2D eigenvalue weighted by molar-refractivity contribution is 5.89. The Morgan fingerprint density at radius 2 is 2.04 bits per heavy atom. The molecule has 0 saturated carbocycles. The maximum atomic E-state index is 12.2. The molecule has 0 saturated heterocycles. The number of benzene rings is 1. The van der Waals surface area contributed by atoms with E-state index in [2.05, 4.69) is 20.5 Å². The molecule has 0 unspecified atom stereocenters. The maximum Gasteiger partial charge on any atom is 0.338 e. The van der Waals surface area contributed by atoms with Crippen molar-refractivity contribution in [3.8, 4) is 5.69 Å². The van der Waals surface area contributed by atoms with Crippen LogP contribution in [0.5, 0.6) is 0 Å². The number of hydrogen-bond donors (Lipinski definition) is 0. The lowest BCUT2D eigenvalue weighted by Crippen LogP contribution is -2.06. The number of tetrazole rings is 1. The van der Waals surface area contributed by atoms with E-state index in [0.29, 0.717) is 11.3 Å². The number of esters is 1. The number of pyridine rings is 1. The van der Waals surface area contributed by atoms with Gasteiger partial charge in [0.1, 0.15) is 18.6 Å². The van der Waals surface area contributed by atoms with E-state index >= 15 is 0 Å². The van der Waals surface area contributed by atoms with Gasteiger partial charge in [-0.15, -0.1) is 5.10 Å². The van der Waals surface area contributed by atoms with Gasteiger partial charge in [-0.25, -0.2) is 14.5 Å². The Balaban J connectivity index is 1.45. The van der Waals surface area contributed by atoms with Crippen LogP contribution in [0.25, 0.3) is 11.3 Å². The van der Waals surface area contributed by atoms with Crippen LogP contribution in [0.15, 0.2) is 55.1 Å². The Labute approximate surface area is 142 Å². The fourth-order valence-corrected chi connectivity index (χ4v) is 2.53. The second-order valence-corrected chi connectivity index (χ2v) is 5.53. The number of nitrogens with zero attached hydrogens (tertiary/aromatic N) is 6. The zero-order chi connectivity index (χ0) is 17.2. The third-order valence-corrected chi connectivity index (χ3v) is 3.80. The number of carbonyl (C=O) groups excluding carboxylic acids is 1. The van der Waals surface area contributed by atoms with Gasteiger partial charge in [0.2, 0.25) is 0 Å². The quantitative estimate of drug-likeness (QED) is 0.530. The van der Waals surface area contributed by atoms with E-state index in [9.17, 15) is 4.79 Å². The van der Waals surface area contributed by atoms with Crippen molar-refractivity contribution in [2.45, 2.75) is 13.5 Å². The number of fused-ring (bicyclic) bond motifs is 1. The maximum absolute atomic E-state index is 12.2. The van der Waals surface area contributed by atoms with Crippen LogP contribution < -0.4 is 0 Å². The monoisotopic (exact) mass is 334 g/mol. The molecular formula is C17H14N6O2. The standard InChI is InChI=1S/C17H14N6O2/c1-12-3-2-8-22-9-14(19-16(12)22)10-25-17(24)13-4-6-15(7-5-13)23-11-18-20-21-23/h2-9,11H,10H2,1H3. The van der Waals surface area contributed by atoms with Crippen LogP contribution >= 0.6 is 0 Å². The first-order valence-electron chi connectivity index (χ1n) is 7.64. The summed E-state index contributed by atoms with van der Waals surface area (Å²) < 4.78 is 8.78. The van der Waals surface area contributed by atoms with Crippen molar-refractivity contribution in [1.82, 2.24) is 29.6 Å². The summed E-state index contributed by atoms with van der Waals surface area (Å²) in [5.74, 6) is -0.406. The fraction of sp³-hybridized carbons (Fsp3) is 0.118. The van der Waals surface area contributed by atoms with Gasteiger partial charge in [0.05, 0.1) is 16.9 Å². The minimum atomic E-state index is -0.406. The first-order valence-corrected chi connectivity index (χ1v) is 7.64. The average molecular weight is 334 g/mol. The predicted octanol–water partition coefficient (Wildman–Crippen LogP) is 1.98. The lowest BCUT2D eigenvalue weighted by Gasteiger charge is -2.04. The molecule has 4 rings (SSSR count). The number of carbonyl (C=O) groups is 1. The molecule has 25 heavy (non-hydrogen) atoms. The van der Waals surface area contributed by atoms with Crippen molar-refractivity contribution in [3.63, 3.8) is 0 Å². The molecule has 3 aromatic heterocycles. The van der Waals surface area contributed by atoms with Crippen molar-refractivity contribution in [2.75, 3.05) is 0 Å². The smallest absolute Gasteiger partial charge is 0.338 e. The van der Waals surface area contributed by atoms with Gasteiger partial charge in [0.15, 0.2) is 0 Å². The van der Waals surface area contributed by atoms with Gasteiger partial charge >= 0.3 is 5.97 Å². The molecule has 0 aliphatic carbocycles. The van der Waals surface area contributed by atoms with Crippen molar-refractivity contribution in [3.05, 3.63) is 71.9 Å². The van der Waals surface area contributed by atoms with Crippen LogP contribution in [0.2, 0.25) is 0 Å². The summed E-state index contributed by atoms with van der Waals surface area (Å²) in [6.45, 7) is 2.11. The van der Waals surface area contributed by atoms with Gasteiger partial charge < -0.3 is 9.14 Å². The number of hydrogen-bond acceptors (Lipinski definition) is 6. The summed E-state index contributed by atoms with van der Waals surface area (Å²) >= 11 is 0. The third kappa shape index (κ3) is 2.97. The first kappa shape index (κ1) is 15.0. The Morgan fingerprint density at radius 3 is 2.76 bits per heavy atom. The number of rotatable bonds is 4. The van der Waals surface area contributed by atoms with E-state index in [0.717, 1.165) is 16.9 Å². The zero-order valence-electron chi connectivity index (χ0n) is 13.4. The molecule has 0 spiro atoms. The molecule has 0 fully saturated rings. The predicted molar refractivity (Wildman–Crippen MR) is 88.2 cm³/mol. The van der Waals surface area contributed by atoms with Crippen LogP contribution in [-0.2, 0) is 11.3 Å². The van der Waals surface area contributed by atoms with Gasteiger partial charge in [0, 0.05) is 12.4 Å². The first-order chi connectivity index (χ1) is 12.2. The highest BCUT2D eigenvalue weighted by Crippen LogP contribution is 2.13. The number of aromatic nitrogens is 6. The molecular weight excluding hydrogens is 320 g/mol. The van der Waals surface area contributed by atoms with Gasteiger partial charge in [-0.2, -0.15) is 0 Å². The molecule has 124 valence electrons. The zero-order valence-corrected chi connectivity index (χ0v) is 13.4. The van der Waals surface area contributed by atoms with Crippen LogP contribution in [0.1, 0.15) is 21.6 Å². The van der Waals surface area contributed by atoms with E-state index in [1.807, 2.05) is 35.9 Å². The minimum absolute atomic E-state index is 0.120. The SMILES string of the molecule is Cc1cccn2cc(COC(=O)c3ccc(-n4cnnn4)cc3)nc12. The average Bonchev–Trinajstić information content (AvgIpc) is 3.30. The van der Waals surface area contributed by atoms with Crippen molar-refractivity contribution in [2.24, 2.45) is 0 Å². The molecule has 3 heterocycles. The molecule has 0 radical (unpaired) electrons. The highest BCUT2D eigenvalue weighted by Gasteiger charge is 2.10. The van der Waals surface area contributed by atoms with E-state index in [-0.39, 0.29) is 6.61 Å². The van der Waals surface area contributed by atoms with E-state index in [1.165, 1.54) is 11.0 Å². The normalized spacial score (nSPS) is 10.9. The van der Waals surface area contributed by atoms with Gasteiger partial charge in [-0.3, -0.25) is 0 Å². The number of aryl methyl sites for hydroxylation is 1. The fourth-order valence-electron chi connectivity index (χ4n) is 2.53. The Morgan fingerprint density at radius 1 is 1.20 bits per heavy atom. The summed E-state index contributed by atoms with van der Waals surface area (Å²) in [6, 6.07) is 10.8. The molecule has 0 bridgehead atoms. The molecule has 0 aliphatic rings. The summed E-state index contributed by atoms with van der Waals surface area (Å²) in [5, 5.41) is 10.9. The van der Waals surface area contributed by atoms with Gasteiger partial charge in [-0.1, -0.05) is 6.07 Å². The summed E-state index contributed by atoms with van der Waals surface area (Å²) in [7, 11) is 0. The number of ether oxygens (including phenoxy) is 1. The van der Waals surface area contributed by atoms with Crippen LogP contribution in [0.3, 0.4) is 0 Å². The molecule has 8 heteroatoms. The molecule has 8 nitrogen and oxygen atoms in total. The van der Waals surface area contributed by atoms with E-state index in [4.69, 9.17) is 4.74 Å². The van der Waals surface area contributed by atoms with Crippen molar-refractivity contribution >= 4 is 11.6 Å². The largest absolute Gasteiger partial charge is 0.456 e. The summed E-state index contributed by atoms with van der Waals surface area (Å²) in [4.78, 5) is 16.7. The van der Waals surface area contributed by atoms with E-state index < -0.39 is 5.97 Å². The van der Waals surface area contributed by atoms with Crippen molar-refractivity contribution < 1.29 is 9.53 Å². The lowest BCUT2D eigenvalue weighted by atomic mass is 10.2. The molecule has 0 atom stereocenters. The van der Waals surface area contributed by atoms with Crippen LogP contribution in [0.4, 0.5) is 0 Å². The molecule has 0 amide bonds. The molecule has 0 aliphatic heterocycles. The second-order valence-electron chi connectivity index (χ2n) is 5.53. The van der Waals surface area contributed by atoms with Crippen molar-refractivity contribution in [1.29, 1.82) is 0 Å². The van der Waals surface area contributed by atoms with Crippen LogP contribution in [-0.4, -0.2) is 35.6 Å².